The summed E-state index contributed by atoms with van der Waals surface area (Å²) in [6.07, 6.45) is 3.84. The number of hydrogen-bond donors (Lipinski definition) is 1. The SMILES string of the molecule is C/C=c1/nccc/c1=C(\C)NCC. The largest absolute Gasteiger partial charge is 0.388 e. The molecule has 0 radical (unpaired) electrons. The average Bonchev–Trinajstić information content (AvgIpc) is 2.18. The van der Waals surface area contributed by atoms with Gasteiger partial charge in [0.25, 0.3) is 0 Å². The Morgan fingerprint density at radius 2 is 2.38 bits per heavy atom. The van der Waals surface area contributed by atoms with Crippen molar-refractivity contribution in [3.63, 3.8) is 0 Å². The molecule has 1 heterocycles. The highest BCUT2D eigenvalue weighted by molar-refractivity contribution is 5.39. The second-order valence-electron chi connectivity index (χ2n) is 2.88. The van der Waals surface area contributed by atoms with Crippen LogP contribution in [0.2, 0.25) is 0 Å². The van der Waals surface area contributed by atoms with E-state index in [1.165, 1.54) is 10.9 Å². The lowest BCUT2D eigenvalue weighted by molar-refractivity contribution is 0.922. The zero-order chi connectivity index (χ0) is 9.68. The van der Waals surface area contributed by atoms with Gasteiger partial charge in [0.2, 0.25) is 0 Å². The van der Waals surface area contributed by atoms with Crippen molar-refractivity contribution in [2.24, 2.45) is 0 Å². The molecule has 2 heteroatoms. The first-order chi connectivity index (χ1) is 6.29. The van der Waals surface area contributed by atoms with E-state index in [4.69, 9.17) is 0 Å². The monoisotopic (exact) mass is 176 g/mol. The molecule has 0 aliphatic carbocycles. The highest BCUT2D eigenvalue weighted by Gasteiger charge is 1.89. The molecule has 1 N–H and O–H groups in total. The van der Waals surface area contributed by atoms with Crippen LogP contribution >= 0.6 is 0 Å². The van der Waals surface area contributed by atoms with Crippen LogP contribution < -0.4 is 15.9 Å². The van der Waals surface area contributed by atoms with Crippen LogP contribution in [0.4, 0.5) is 0 Å². The number of aromatic nitrogens is 1. The van der Waals surface area contributed by atoms with Gasteiger partial charge in [-0.1, -0.05) is 6.08 Å². The van der Waals surface area contributed by atoms with Crippen molar-refractivity contribution in [1.29, 1.82) is 0 Å². The fourth-order valence-electron chi connectivity index (χ4n) is 1.33. The molecule has 0 saturated carbocycles. The second kappa shape index (κ2) is 4.65. The van der Waals surface area contributed by atoms with Crippen molar-refractivity contribution in [3.05, 3.63) is 28.9 Å². The first kappa shape index (κ1) is 9.78. The van der Waals surface area contributed by atoms with E-state index in [0.29, 0.717) is 0 Å². The molecule has 2 nitrogen and oxygen atoms in total. The molecule has 1 aromatic heterocycles. The molecular formula is C11H16N2. The lowest BCUT2D eigenvalue weighted by Gasteiger charge is -2.02. The predicted molar refractivity (Wildman–Crippen MR) is 56.4 cm³/mol. The summed E-state index contributed by atoms with van der Waals surface area (Å²) in [5.74, 6) is 0. The van der Waals surface area contributed by atoms with E-state index in [1.807, 2.05) is 25.3 Å². The van der Waals surface area contributed by atoms with Crippen LogP contribution in [-0.4, -0.2) is 11.5 Å². The van der Waals surface area contributed by atoms with Gasteiger partial charge in [-0.3, -0.25) is 4.98 Å². The van der Waals surface area contributed by atoms with Crippen LogP contribution in [0.5, 0.6) is 0 Å². The van der Waals surface area contributed by atoms with Crippen molar-refractivity contribution >= 4 is 11.8 Å². The zero-order valence-corrected chi connectivity index (χ0v) is 8.46. The molecule has 0 fully saturated rings. The minimum absolute atomic E-state index is 0.948. The van der Waals surface area contributed by atoms with Crippen molar-refractivity contribution in [2.75, 3.05) is 6.54 Å². The van der Waals surface area contributed by atoms with E-state index in [0.717, 1.165) is 11.9 Å². The van der Waals surface area contributed by atoms with E-state index in [1.54, 1.807) is 0 Å². The number of pyridine rings is 1. The van der Waals surface area contributed by atoms with Gasteiger partial charge in [-0.15, -0.1) is 0 Å². The Balaban J connectivity index is 3.35. The highest BCUT2D eigenvalue weighted by atomic mass is 14.9. The van der Waals surface area contributed by atoms with Crippen LogP contribution in [-0.2, 0) is 0 Å². The Morgan fingerprint density at radius 3 is 3.00 bits per heavy atom. The number of nitrogens with zero attached hydrogens (tertiary/aromatic N) is 1. The smallest absolute Gasteiger partial charge is 0.0676 e. The van der Waals surface area contributed by atoms with Gasteiger partial charge in [-0.25, -0.2) is 0 Å². The van der Waals surface area contributed by atoms with Gasteiger partial charge in [0.15, 0.2) is 0 Å². The summed E-state index contributed by atoms with van der Waals surface area (Å²) in [6.45, 7) is 7.12. The molecule has 0 aliphatic rings. The maximum Gasteiger partial charge on any atom is 0.0676 e. The van der Waals surface area contributed by atoms with E-state index in [9.17, 15) is 0 Å². The summed E-state index contributed by atoms with van der Waals surface area (Å²) in [5, 5.41) is 5.52. The molecule has 0 atom stereocenters. The minimum Gasteiger partial charge on any atom is -0.388 e. The van der Waals surface area contributed by atoms with Gasteiger partial charge in [0.1, 0.15) is 0 Å². The normalized spacial score (nSPS) is 14.2. The lowest BCUT2D eigenvalue weighted by Crippen LogP contribution is -2.32. The van der Waals surface area contributed by atoms with Crippen molar-refractivity contribution in [1.82, 2.24) is 10.3 Å². The Labute approximate surface area is 79.0 Å². The molecule has 0 saturated heterocycles. The molecule has 0 bridgehead atoms. The summed E-state index contributed by atoms with van der Waals surface area (Å²) in [5.41, 5.74) is 1.18. The van der Waals surface area contributed by atoms with E-state index in [2.05, 4.69) is 30.2 Å². The molecular weight excluding hydrogens is 160 g/mol. The van der Waals surface area contributed by atoms with Gasteiger partial charge < -0.3 is 5.32 Å². The molecule has 1 rings (SSSR count). The van der Waals surface area contributed by atoms with Gasteiger partial charge in [-0.2, -0.15) is 0 Å². The Bertz CT molecular complexity index is 379. The van der Waals surface area contributed by atoms with Crippen molar-refractivity contribution in [3.8, 4) is 0 Å². The van der Waals surface area contributed by atoms with E-state index in [-0.39, 0.29) is 0 Å². The van der Waals surface area contributed by atoms with Crippen LogP contribution in [0.25, 0.3) is 11.8 Å². The maximum atomic E-state index is 4.28. The predicted octanol–water partition coefficient (Wildman–Crippen LogP) is 0.620. The summed E-state index contributed by atoms with van der Waals surface area (Å²) >= 11 is 0. The van der Waals surface area contributed by atoms with Crippen LogP contribution in [0.3, 0.4) is 0 Å². The second-order valence-corrected chi connectivity index (χ2v) is 2.88. The van der Waals surface area contributed by atoms with Crippen molar-refractivity contribution < 1.29 is 0 Å². The summed E-state index contributed by atoms with van der Waals surface area (Å²) < 4.78 is 0. The molecule has 0 unspecified atom stereocenters. The summed E-state index contributed by atoms with van der Waals surface area (Å²) in [7, 11) is 0. The first-order valence-corrected chi connectivity index (χ1v) is 4.61. The number of nitrogens with one attached hydrogen (secondary N) is 1. The van der Waals surface area contributed by atoms with E-state index < -0.39 is 0 Å². The third-order valence-electron chi connectivity index (χ3n) is 1.96. The average molecular weight is 176 g/mol. The van der Waals surface area contributed by atoms with Crippen LogP contribution in [0, 0.1) is 0 Å². The molecule has 1 aromatic rings. The number of rotatable bonds is 2. The van der Waals surface area contributed by atoms with Crippen LogP contribution in [0.1, 0.15) is 20.8 Å². The van der Waals surface area contributed by atoms with Crippen molar-refractivity contribution in [2.45, 2.75) is 20.8 Å². The fraction of sp³-hybridized carbons (Fsp3) is 0.364. The minimum atomic E-state index is 0.948. The zero-order valence-electron chi connectivity index (χ0n) is 8.46. The summed E-state index contributed by atoms with van der Waals surface area (Å²) in [4.78, 5) is 4.28. The van der Waals surface area contributed by atoms with Gasteiger partial charge in [0.05, 0.1) is 5.35 Å². The topological polar surface area (TPSA) is 24.9 Å². The highest BCUT2D eigenvalue weighted by Crippen LogP contribution is 1.79. The van der Waals surface area contributed by atoms with Gasteiger partial charge in [0, 0.05) is 23.7 Å². The molecule has 0 aliphatic heterocycles. The quantitative estimate of drug-likeness (QED) is 0.714. The molecule has 0 spiro atoms. The Hall–Kier alpha value is -1.31. The maximum absolute atomic E-state index is 4.28. The molecule has 70 valence electrons. The lowest BCUT2D eigenvalue weighted by atomic mass is 10.3. The fourth-order valence-corrected chi connectivity index (χ4v) is 1.33. The summed E-state index contributed by atoms with van der Waals surface area (Å²) in [6, 6.07) is 4.05. The van der Waals surface area contributed by atoms with Crippen LogP contribution in [0.15, 0.2) is 18.3 Å². The standard InChI is InChI=1S/C11H16N2/c1-4-11-10(7-6-8-13-11)9(3)12-5-2/h4,6-8,12H,5H2,1-3H3/b10-9-,11-4+. The molecule has 13 heavy (non-hydrogen) atoms. The first-order valence-electron chi connectivity index (χ1n) is 4.61. The molecule has 0 aromatic carbocycles. The van der Waals surface area contributed by atoms with E-state index >= 15 is 0 Å². The Kier molecular flexibility index (Phi) is 3.50. The third kappa shape index (κ3) is 2.31. The Morgan fingerprint density at radius 1 is 1.62 bits per heavy atom. The third-order valence-corrected chi connectivity index (χ3v) is 1.96. The number of hydrogen-bond acceptors (Lipinski definition) is 2. The molecule has 0 amide bonds. The van der Waals surface area contributed by atoms with Gasteiger partial charge in [-0.05, 0) is 32.9 Å². The van der Waals surface area contributed by atoms with Gasteiger partial charge >= 0.3 is 0 Å².